The number of nitrogens with zero attached hydrogens (tertiary/aromatic N) is 2. The zero-order chi connectivity index (χ0) is 22.3. The van der Waals surface area contributed by atoms with E-state index in [4.69, 9.17) is 9.47 Å². The predicted octanol–water partition coefficient (Wildman–Crippen LogP) is 3.29. The molecular weight excluding hydrogens is 410 g/mol. The molecule has 1 N–H and O–H groups in total. The normalized spacial score (nSPS) is 16.6. The number of benzene rings is 2. The number of hydrogen-bond donors (Lipinski definition) is 1. The number of carbonyl (C=O) groups excluding carboxylic acids is 3. The van der Waals surface area contributed by atoms with Crippen molar-refractivity contribution in [3.8, 4) is 5.75 Å². The van der Waals surface area contributed by atoms with Gasteiger partial charge >= 0.3 is 6.09 Å². The van der Waals surface area contributed by atoms with E-state index in [-0.39, 0.29) is 17.7 Å². The van der Waals surface area contributed by atoms with Crippen LogP contribution in [0, 0.1) is 5.92 Å². The smallest absolute Gasteiger partial charge is 0.414 e. The third-order valence-electron chi connectivity index (χ3n) is 5.76. The third kappa shape index (κ3) is 5.19. The van der Waals surface area contributed by atoms with Crippen molar-refractivity contribution >= 4 is 29.3 Å². The number of hydrogen-bond acceptors (Lipinski definition) is 5. The minimum atomic E-state index is -0.408. The van der Waals surface area contributed by atoms with Gasteiger partial charge in [-0.15, -0.1) is 0 Å². The highest BCUT2D eigenvalue weighted by atomic mass is 16.6. The van der Waals surface area contributed by atoms with Crippen molar-refractivity contribution in [2.45, 2.75) is 19.3 Å². The van der Waals surface area contributed by atoms with Crippen LogP contribution in [0.2, 0.25) is 0 Å². The number of carbonyl (C=O) groups is 3. The fourth-order valence-corrected chi connectivity index (χ4v) is 3.98. The Hall–Kier alpha value is -3.55. The van der Waals surface area contributed by atoms with Crippen LogP contribution in [0.5, 0.6) is 5.75 Å². The van der Waals surface area contributed by atoms with Crippen molar-refractivity contribution < 1.29 is 23.9 Å². The summed E-state index contributed by atoms with van der Waals surface area (Å²) in [5, 5.41) is 2.96. The average molecular weight is 437 g/mol. The van der Waals surface area contributed by atoms with E-state index in [2.05, 4.69) is 5.32 Å². The Labute approximate surface area is 187 Å². The zero-order valence-corrected chi connectivity index (χ0v) is 17.9. The van der Waals surface area contributed by atoms with Gasteiger partial charge in [-0.2, -0.15) is 0 Å². The van der Waals surface area contributed by atoms with Crippen LogP contribution in [-0.2, 0) is 14.3 Å². The molecule has 3 amide bonds. The van der Waals surface area contributed by atoms with E-state index < -0.39 is 6.09 Å². The summed E-state index contributed by atoms with van der Waals surface area (Å²) in [5.41, 5.74) is 1.22. The molecular formula is C24H27N3O5. The molecule has 2 fully saturated rings. The Morgan fingerprint density at radius 1 is 1.00 bits per heavy atom. The quantitative estimate of drug-likeness (QED) is 0.718. The summed E-state index contributed by atoms with van der Waals surface area (Å²) >= 11 is 0. The van der Waals surface area contributed by atoms with Crippen LogP contribution in [0.3, 0.4) is 0 Å². The number of anilines is 2. The maximum atomic E-state index is 12.9. The third-order valence-corrected chi connectivity index (χ3v) is 5.76. The second kappa shape index (κ2) is 10.2. The van der Waals surface area contributed by atoms with E-state index in [0.29, 0.717) is 63.5 Å². The Morgan fingerprint density at radius 2 is 1.72 bits per heavy atom. The lowest BCUT2D eigenvalue weighted by atomic mass is 9.95. The van der Waals surface area contributed by atoms with Gasteiger partial charge in [0, 0.05) is 19.0 Å². The SMILES string of the molecule is O=C(Nc1ccccc1N1CCOC1=O)C1CCN(C(=O)CCOc2ccccc2)CC1. The summed E-state index contributed by atoms with van der Waals surface area (Å²) < 4.78 is 10.6. The Kier molecular flexibility index (Phi) is 6.89. The van der Waals surface area contributed by atoms with E-state index in [1.54, 1.807) is 17.0 Å². The lowest BCUT2D eigenvalue weighted by Crippen LogP contribution is -2.42. The van der Waals surface area contributed by atoms with Crippen molar-refractivity contribution in [2.24, 2.45) is 5.92 Å². The van der Waals surface area contributed by atoms with Crippen LogP contribution >= 0.6 is 0 Å². The van der Waals surface area contributed by atoms with E-state index in [0.717, 1.165) is 5.75 Å². The number of likely N-dealkylation sites (tertiary alicyclic amines) is 1. The standard InChI is InChI=1S/C24H27N3O5/c28-22(12-16-31-19-6-2-1-3-7-19)26-13-10-18(11-14-26)23(29)25-20-8-4-5-9-21(20)27-15-17-32-24(27)30/h1-9,18H,10-17H2,(H,25,29). The lowest BCUT2D eigenvalue weighted by molar-refractivity contribution is -0.135. The van der Waals surface area contributed by atoms with Crippen LogP contribution < -0.4 is 15.0 Å². The monoisotopic (exact) mass is 437 g/mol. The minimum absolute atomic E-state index is 0.0395. The molecule has 2 saturated heterocycles. The van der Waals surface area contributed by atoms with Gasteiger partial charge in [0.1, 0.15) is 12.4 Å². The van der Waals surface area contributed by atoms with E-state index >= 15 is 0 Å². The van der Waals surface area contributed by atoms with Gasteiger partial charge in [0.2, 0.25) is 11.8 Å². The fraction of sp³-hybridized carbons (Fsp3) is 0.375. The van der Waals surface area contributed by atoms with Gasteiger partial charge in [-0.3, -0.25) is 14.5 Å². The lowest BCUT2D eigenvalue weighted by Gasteiger charge is -2.31. The van der Waals surface area contributed by atoms with Crippen molar-refractivity contribution in [1.82, 2.24) is 4.90 Å². The molecule has 2 aromatic rings. The highest BCUT2D eigenvalue weighted by Crippen LogP contribution is 2.29. The van der Waals surface area contributed by atoms with Crippen LogP contribution in [0.15, 0.2) is 54.6 Å². The first-order valence-corrected chi connectivity index (χ1v) is 10.9. The highest BCUT2D eigenvalue weighted by Gasteiger charge is 2.29. The van der Waals surface area contributed by atoms with Crippen molar-refractivity contribution in [3.05, 3.63) is 54.6 Å². The topological polar surface area (TPSA) is 88.2 Å². The summed E-state index contributed by atoms with van der Waals surface area (Å²) in [6, 6.07) is 16.6. The number of ether oxygens (including phenoxy) is 2. The molecule has 2 aromatic carbocycles. The Balaban J connectivity index is 1.25. The summed E-state index contributed by atoms with van der Waals surface area (Å²) in [7, 11) is 0. The van der Waals surface area contributed by atoms with Gasteiger partial charge in [0.05, 0.1) is 30.9 Å². The molecule has 2 aliphatic rings. The zero-order valence-electron chi connectivity index (χ0n) is 17.9. The summed E-state index contributed by atoms with van der Waals surface area (Å²) in [6.07, 6.45) is 1.11. The maximum absolute atomic E-state index is 12.9. The van der Waals surface area contributed by atoms with Crippen LogP contribution in [-0.4, -0.2) is 55.7 Å². The second-order valence-electron chi connectivity index (χ2n) is 7.84. The van der Waals surface area contributed by atoms with E-state index in [9.17, 15) is 14.4 Å². The van der Waals surface area contributed by atoms with Crippen LogP contribution in [0.25, 0.3) is 0 Å². The molecule has 4 rings (SSSR count). The first kappa shape index (κ1) is 21.7. The number of amides is 3. The van der Waals surface area contributed by atoms with Crippen LogP contribution in [0.4, 0.5) is 16.2 Å². The van der Waals surface area contributed by atoms with Gasteiger partial charge in [-0.25, -0.2) is 4.79 Å². The van der Waals surface area contributed by atoms with Gasteiger partial charge in [-0.1, -0.05) is 30.3 Å². The number of para-hydroxylation sites is 3. The Morgan fingerprint density at radius 3 is 2.44 bits per heavy atom. The molecule has 168 valence electrons. The van der Waals surface area contributed by atoms with Crippen molar-refractivity contribution in [1.29, 1.82) is 0 Å². The first-order chi connectivity index (χ1) is 15.6. The largest absolute Gasteiger partial charge is 0.493 e. The highest BCUT2D eigenvalue weighted by molar-refractivity contribution is 6.00. The van der Waals surface area contributed by atoms with Crippen molar-refractivity contribution in [2.75, 3.05) is 43.1 Å². The first-order valence-electron chi connectivity index (χ1n) is 10.9. The van der Waals surface area contributed by atoms with Gasteiger partial charge in [0.15, 0.2) is 0 Å². The molecule has 0 bridgehead atoms. The van der Waals surface area contributed by atoms with Crippen LogP contribution in [0.1, 0.15) is 19.3 Å². The fourth-order valence-electron chi connectivity index (χ4n) is 3.98. The molecule has 0 atom stereocenters. The summed E-state index contributed by atoms with van der Waals surface area (Å²) in [6.45, 7) is 2.22. The number of nitrogens with one attached hydrogen (secondary N) is 1. The molecule has 0 spiro atoms. The van der Waals surface area contributed by atoms with Gasteiger partial charge < -0.3 is 19.7 Å². The molecule has 0 aromatic heterocycles. The number of piperidine rings is 1. The second-order valence-corrected chi connectivity index (χ2v) is 7.84. The molecule has 0 radical (unpaired) electrons. The Bertz CT molecular complexity index is 957. The maximum Gasteiger partial charge on any atom is 0.414 e. The predicted molar refractivity (Wildman–Crippen MR) is 120 cm³/mol. The number of rotatable bonds is 7. The van der Waals surface area contributed by atoms with Crippen molar-refractivity contribution in [3.63, 3.8) is 0 Å². The molecule has 0 saturated carbocycles. The van der Waals surface area contributed by atoms with Gasteiger partial charge in [-0.05, 0) is 37.1 Å². The molecule has 8 nitrogen and oxygen atoms in total. The summed E-state index contributed by atoms with van der Waals surface area (Å²) in [4.78, 5) is 40.6. The molecule has 32 heavy (non-hydrogen) atoms. The van der Waals surface area contributed by atoms with E-state index in [1.165, 1.54) is 4.90 Å². The number of cyclic esters (lactones) is 1. The van der Waals surface area contributed by atoms with E-state index in [1.807, 2.05) is 42.5 Å². The summed E-state index contributed by atoms with van der Waals surface area (Å²) in [5.74, 6) is 0.513. The molecule has 0 unspecified atom stereocenters. The minimum Gasteiger partial charge on any atom is -0.493 e. The van der Waals surface area contributed by atoms with Gasteiger partial charge in [0.25, 0.3) is 0 Å². The molecule has 2 heterocycles. The molecule has 0 aliphatic carbocycles. The average Bonchev–Trinajstić information content (AvgIpc) is 3.25. The molecule has 2 aliphatic heterocycles. The molecule has 8 heteroatoms.